The van der Waals surface area contributed by atoms with Crippen molar-refractivity contribution in [2.45, 2.75) is 26.9 Å². The summed E-state index contributed by atoms with van der Waals surface area (Å²) in [6.45, 7) is 5.33. The van der Waals surface area contributed by atoms with Gasteiger partial charge in [0.2, 0.25) is 0 Å². The van der Waals surface area contributed by atoms with E-state index in [1.165, 1.54) is 0 Å². The normalized spacial score (nSPS) is 12.6. The molecule has 0 fully saturated rings. The number of hydrogen-bond acceptors (Lipinski definition) is 4. The van der Waals surface area contributed by atoms with Gasteiger partial charge in [0.1, 0.15) is 5.75 Å². The molecule has 3 N–H and O–H groups in total. The molecule has 0 spiro atoms. The Labute approximate surface area is 146 Å². The summed E-state index contributed by atoms with van der Waals surface area (Å²) < 4.78 is 5.66. The van der Waals surface area contributed by atoms with Crippen LogP contribution in [0.25, 0.3) is 0 Å². The first kappa shape index (κ1) is 17.8. The largest absolute Gasteiger partial charge is 0.481 e. The Hall–Kier alpha value is -2.53. The Morgan fingerprint density at radius 3 is 2.71 bits per heavy atom. The summed E-state index contributed by atoms with van der Waals surface area (Å²) in [6.07, 6.45) is -0.692. The molecular weight excluding hydrogens is 326 g/mol. The van der Waals surface area contributed by atoms with Gasteiger partial charge in [-0.2, -0.15) is 5.10 Å². The molecule has 0 saturated carbocycles. The Bertz CT molecular complexity index is 775. The van der Waals surface area contributed by atoms with Crippen molar-refractivity contribution in [2.75, 3.05) is 5.73 Å². The Kier molecular flexibility index (Phi) is 5.82. The minimum absolute atomic E-state index is 0.340. The number of hydrazone groups is 1. The minimum atomic E-state index is -0.692. The van der Waals surface area contributed by atoms with E-state index < -0.39 is 6.10 Å². The van der Waals surface area contributed by atoms with Crippen LogP contribution in [0.3, 0.4) is 0 Å². The highest BCUT2D eigenvalue weighted by Gasteiger charge is 2.15. The average Bonchev–Trinajstić information content (AvgIpc) is 2.54. The van der Waals surface area contributed by atoms with E-state index in [9.17, 15) is 4.79 Å². The molecule has 0 bridgehead atoms. The molecule has 0 radical (unpaired) electrons. The van der Waals surface area contributed by atoms with E-state index in [4.69, 9.17) is 22.1 Å². The molecule has 24 heavy (non-hydrogen) atoms. The second kappa shape index (κ2) is 7.84. The zero-order chi connectivity index (χ0) is 17.7. The lowest BCUT2D eigenvalue weighted by Gasteiger charge is -2.15. The van der Waals surface area contributed by atoms with Crippen molar-refractivity contribution in [3.8, 4) is 5.75 Å². The Morgan fingerprint density at radius 2 is 2.04 bits per heavy atom. The first-order chi connectivity index (χ1) is 11.4. The number of amides is 1. The summed E-state index contributed by atoms with van der Waals surface area (Å²) in [7, 11) is 0. The molecular formula is C18H20ClN3O2. The number of hydrogen-bond donors (Lipinski definition) is 2. The van der Waals surface area contributed by atoms with Crippen LogP contribution < -0.4 is 15.9 Å². The van der Waals surface area contributed by atoms with Gasteiger partial charge >= 0.3 is 0 Å². The van der Waals surface area contributed by atoms with E-state index in [1.54, 1.807) is 44.2 Å². The molecule has 5 nitrogen and oxygen atoms in total. The third kappa shape index (κ3) is 4.73. The van der Waals surface area contributed by atoms with E-state index in [2.05, 4.69) is 10.5 Å². The molecule has 0 saturated heterocycles. The van der Waals surface area contributed by atoms with E-state index in [-0.39, 0.29) is 5.91 Å². The third-order valence-corrected chi connectivity index (χ3v) is 3.68. The molecule has 0 heterocycles. The molecule has 1 unspecified atom stereocenters. The molecule has 1 amide bonds. The summed E-state index contributed by atoms with van der Waals surface area (Å²) in [4.78, 5) is 12.1. The van der Waals surface area contributed by atoms with Gasteiger partial charge in [-0.15, -0.1) is 0 Å². The lowest BCUT2D eigenvalue weighted by atomic mass is 10.1. The number of anilines is 1. The van der Waals surface area contributed by atoms with Crippen LogP contribution in [-0.2, 0) is 4.79 Å². The summed E-state index contributed by atoms with van der Waals surface area (Å²) in [5.74, 6) is 0.270. The number of carbonyl (C=O) groups excluding carboxylic acids is 1. The van der Waals surface area contributed by atoms with Crippen LogP contribution in [0, 0.1) is 6.92 Å². The zero-order valence-corrected chi connectivity index (χ0v) is 14.6. The van der Waals surface area contributed by atoms with Crippen LogP contribution in [0.1, 0.15) is 25.0 Å². The monoisotopic (exact) mass is 345 g/mol. The first-order valence-electron chi connectivity index (χ1n) is 7.49. The predicted octanol–water partition coefficient (Wildman–Crippen LogP) is 3.54. The quantitative estimate of drug-likeness (QED) is 0.494. The van der Waals surface area contributed by atoms with Crippen molar-refractivity contribution in [2.24, 2.45) is 5.10 Å². The van der Waals surface area contributed by atoms with Gasteiger partial charge in [-0.1, -0.05) is 23.7 Å². The van der Waals surface area contributed by atoms with Gasteiger partial charge in [0.05, 0.1) is 5.71 Å². The third-order valence-electron chi connectivity index (χ3n) is 3.45. The Balaban J connectivity index is 1.99. The van der Waals surface area contributed by atoms with Gasteiger partial charge in [-0.3, -0.25) is 4.79 Å². The molecule has 2 aromatic rings. The van der Waals surface area contributed by atoms with Gasteiger partial charge in [0.15, 0.2) is 6.10 Å². The summed E-state index contributed by atoms with van der Waals surface area (Å²) in [5, 5.41) is 4.72. The highest BCUT2D eigenvalue weighted by molar-refractivity contribution is 6.30. The van der Waals surface area contributed by atoms with Crippen LogP contribution in [0.4, 0.5) is 5.69 Å². The lowest BCUT2D eigenvalue weighted by molar-refractivity contribution is -0.127. The maximum Gasteiger partial charge on any atom is 0.280 e. The number of aryl methyl sites for hydroxylation is 1. The number of benzene rings is 2. The molecule has 0 aliphatic carbocycles. The van der Waals surface area contributed by atoms with Gasteiger partial charge in [-0.25, -0.2) is 5.43 Å². The molecule has 0 aromatic heterocycles. The van der Waals surface area contributed by atoms with Crippen LogP contribution in [0.15, 0.2) is 47.6 Å². The van der Waals surface area contributed by atoms with E-state index >= 15 is 0 Å². The molecule has 2 aromatic carbocycles. The fourth-order valence-electron chi connectivity index (χ4n) is 2.05. The van der Waals surface area contributed by atoms with Crippen molar-refractivity contribution in [1.82, 2.24) is 5.43 Å². The number of ether oxygens (including phenoxy) is 1. The summed E-state index contributed by atoms with van der Waals surface area (Å²) in [5.41, 5.74) is 11.3. The zero-order valence-electron chi connectivity index (χ0n) is 13.8. The number of nitrogens with one attached hydrogen (secondary N) is 1. The molecule has 6 heteroatoms. The topological polar surface area (TPSA) is 76.7 Å². The summed E-state index contributed by atoms with van der Waals surface area (Å²) in [6, 6.07) is 12.5. The van der Waals surface area contributed by atoms with Gasteiger partial charge in [0.25, 0.3) is 5.91 Å². The number of nitrogens with two attached hydrogens (primary N) is 1. The van der Waals surface area contributed by atoms with E-state index in [1.807, 2.05) is 19.1 Å². The number of halogens is 1. The fraction of sp³-hybridized carbons (Fsp3) is 0.222. The summed E-state index contributed by atoms with van der Waals surface area (Å²) >= 11 is 5.91. The van der Waals surface area contributed by atoms with Gasteiger partial charge in [0, 0.05) is 10.7 Å². The maximum atomic E-state index is 12.1. The first-order valence-corrected chi connectivity index (χ1v) is 7.87. The Morgan fingerprint density at radius 1 is 1.29 bits per heavy atom. The number of carbonyl (C=O) groups is 1. The van der Waals surface area contributed by atoms with Crippen molar-refractivity contribution < 1.29 is 9.53 Å². The smallest absolute Gasteiger partial charge is 0.280 e. The van der Waals surface area contributed by atoms with Crippen molar-refractivity contribution >= 4 is 28.9 Å². The second-order valence-electron chi connectivity index (χ2n) is 5.47. The van der Waals surface area contributed by atoms with Crippen LogP contribution in [-0.4, -0.2) is 17.7 Å². The SMILES string of the molecule is CC(=NNC(=O)C(C)Oc1ccc(Cl)cc1C)c1cccc(N)c1. The van der Waals surface area contributed by atoms with E-state index in [0.717, 1.165) is 11.1 Å². The lowest BCUT2D eigenvalue weighted by Crippen LogP contribution is -2.34. The molecule has 0 aliphatic heterocycles. The van der Waals surface area contributed by atoms with Crippen molar-refractivity contribution in [3.63, 3.8) is 0 Å². The number of nitrogen functional groups attached to an aromatic ring is 1. The van der Waals surface area contributed by atoms with Crippen LogP contribution in [0.2, 0.25) is 5.02 Å². The highest BCUT2D eigenvalue weighted by atomic mass is 35.5. The van der Waals surface area contributed by atoms with Gasteiger partial charge in [-0.05, 0) is 62.2 Å². The maximum absolute atomic E-state index is 12.1. The number of rotatable bonds is 5. The predicted molar refractivity (Wildman–Crippen MR) is 97.5 cm³/mol. The van der Waals surface area contributed by atoms with Crippen molar-refractivity contribution in [3.05, 3.63) is 58.6 Å². The minimum Gasteiger partial charge on any atom is -0.481 e. The molecule has 2 rings (SSSR count). The highest BCUT2D eigenvalue weighted by Crippen LogP contribution is 2.22. The molecule has 126 valence electrons. The van der Waals surface area contributed by atoms with Gasteiger partial charge < -0.3 is 10.5 Å². The molecule has 1 atom stereocenters. The standard InChI is InChI=1S/C18H20ClN3O2/c1-11-9-15(19)7-8-17(11)24-13(3)18(23)22-21-12(2)14-5-4-6-16(20)10-14/h4-10,13H,20H2,1-3H3,(H,22,23). The van der Waals surface area contributed by atoms with E-state index in [0.29, 0.717) is 22.2 Å². The fourth-order valence-corrected chi connectivity index (χ4v) is 2.27. The van der Waals surface area contributed by atoms with Crippen LogP contribution >= 0.6 is 11.6 Å². The molecule has 0 aliphatic rings. The van der Waals surface area contributed by atoms with Crippen molar-refractivity contribution in [1.29, 1.82) is 0 Å². The average molecular weight is 346 g/mol. The second-order valence-corrected chi connectivity index (χ2v) is 5.91. The van der Waals surface area contributed by atoms with Crippen LogP contribution in [0.5, 0.6) is 5.75 Å². The number of nitrogens with zero attached hydrogens (tertiary/aromatic N) is 1.